The molecule has 96 valence electrons. The van der Waals surface area contributed by atoms with Gasteiger partial charge in [0.1, 0.15) is 0 Å². The summed E-state index contributed by atoms with van der Waals surface area (Å²) in [6.45, 7) is -0.198. The van der Waals surface area contributed by atoms with Gasteiger partial charge in [-0.25, -0.2) is 0 Å². The molecular formula is C10H12F3NO3. The van der Waals surface area contributed by atoms with Crippen LogP contribution >= 0.6 is 0 Å². The number of aliphatic carboxylic acids is 1. The minimum Gasteiger partial charge on any atom is -0.481 e. The van der Waals surface area contributed by atoms with Gasteiger partial charge in [0.25, 0.3) is 0 Å². The highest BCUT2D eigenvalue weighted by Crippen LogP contribution is 2.58. The number of carbonyl (C=O) groups excluding carboxylic acids is 1. The first kappa shape index (κ1) is 12.2. The van der Waals surface area contributed by atoms with Crippen molar-refractivity contribution in [1.82, 2.24) is 5.32 Å². The maximum atomic E-state index is 11.9. The molecule has 2 saturated carbocycles. The first-order chi connectivity index (χ1) is 7.82. The second kappa shape index (κ2) is 3.89. The molecule has 1 amide bonds. The Morgan fingerprint density at radius 2 is 1.82 bits per heavy atom. The summed E-state index contributed by atoms with van der Waals surface area (Å²) in [5.41, 5.74) is 0. The van der Waals surface area contributed by atoms with Gasteiger partial charge in [-0.05, 0) is 30.6 Å². The van der Waals surface area contributed by atoms with E-state index in [0.29, 0.717) is 0 Å². The molecule has 0 aliphatic heterocycles. The molecule has 2 aliphatic rings. The number of rotatable bonds is 3. The normalized spacial score (nSPS) is 35.2. The van der Waals surface area contributed by atoms with Gasteiger partial charge in [0.05, 0.1) is 5.92 Å². The molecule has 17 heavy (non-hydrogen) atoms. The number of halogens is 3. The number of carboxylic acid groups (broad SMARTS) is 1. The van der Waals surface area contributed by atoms with E-state index in [4.69, 9.17) is 5.11 Å². The summed E-state index contributed by atoms with van der Waals surface area (Å²) >= 11 is 0. The minimum absolute atomic E-state index is 0.0975. The van der Waals surface area contributed by atoms with E-state index in [1.54, 1.807) is 5.32 Å². The van der Waals surface area contributed by atoms with Crippen molar-refractivity contribution in [3.05, 3.63) is 0 Å². The molecule has 0 radical (unpaired) electrons. The molecule has 2 fully saturated rings. The molecule has 0 bridgehead atoms. The van der Waals surface area contributed by atoms with E-state index in [-0.39, 0.29) is 24.3 Å². The first-order valence-corrected chi connectivity index (χ1v) is 5.40. The fourth-order valence-electron chi connectivity index (χ4n) is 2.92. The summed E-state index contributed by atoms with van der Waals surface area (Å²) in [5, 5.41) is 10.7. The number of hydrogen-bond donors (Lipinski definition) is 2. The monoisotopic (exact) mass is 251 g/mol. The summed E-state index contributed by atoms with van der Waals surface area (Å²) in [7, 11) is 0. The van der Waals surface area contributed by atoms with Crippen LogP contribution in [0.3, 0.4) is 0 Å². The molecule has 4 atom stereocenters. The number of carbonyl (C=O) groups is 2. The predicted molar refractivity (Wildman–Crippen MR) is 49.9 cm³/mol. The zero-order valence-corrected chi connectivity index (χ0v) is 8.83. The van der Waals surface area contributed by atoms with Crippen molar-refractivity contribution in [2.24, 2.45) is 23.7 Å². The van der Waals surface area contributed by atoms with Crippen molar-refractivity contribution < 1.29 is 27.9 Å². The van der Waals surface area contributed by atoms with Crippen LogP contribution in [0.4, 0.5) is 13.2 Å². The van der Waals surface area contributed by atoms with Crippen LogP contribution in [0.5, 0.6) is 0 Å². The third kappa shape index (κ3) is 1.98. The zero-order valence-electron chi connectivity index (χ0n) is 8.83. The lowest BCUT2D eigenvalue weighted by molar-refractivity contribution is -0.180. The van der Waals surface area contributed by atoms with Crippen LogP contribution in [0.25, 0.3) is 0 Å². The fourth-order valence-corrected chi connectivity index (χ4v) is 2.92. The Balaban J connectivity index is 1.87. The molecular weight excluding hydrogens is 239 g/mol. The molecule has 0 unspecified atom stereocenters. The van der Waals surface area contributed by atoms with E-state index < -0.39 is 24.0 Å². The van der Waals surface area contributed by atoms with Crippen molar-refractivity contribution >= 4 is 11.9 Å². The molecule has 0 aromatic rings. The quantitative estimate of drug-likeness (QED) is 0.787. The topological polar surface area (TPSA) is 66.4 Å². The predicted octanol–water partition coefficient (Wildman–Crippen LogP) is 1.02. The van der Waals surface area contributed by atoms with Gasteiger partial charge in [-0.2, -0.15) is 13.2 Å². The highest BCUT2D eigenvalue weighted by molar-refractivity contribution is 5.81. The van der Waals surface area contributed by atoms with E-state index in [0.717, 1.165) is 12.8 Å². The molecule has 4 nitrogen and oxygen atoms in total. The largest absolute Gasteiger partial charge is 0.481 e. The lowest BCUT2D eigenvalue weighted by Gasteiger charge is -2.57. The Kier molecular flexibility index (Phi) is 2.79. The summed E-state index contributed by atoms with van der Waals surface area (Å²) < 4.78 is 35.8. The standard InChI is InChI=1S/C10H12F3NO3/c11-10(12,13)9(17)14-3-6-4-1-2-5(4)7(6)8(15)16/h4-7H,1-3H2,(H,14,17)(H,15,16)/t4-,5+,6+,7-/m0/s1. The van der Waals surface area contributed by atoms with Gasteiger partial charge in [0.2, 0.25) is 0 Å². The zero-order chi connectivity index (χ0) is 12.8. The highest BCUT2D eigenvalue weighted by Gasteiger charge is 2.58. The summed E-state index contributed by atoms with van der Waals surface area (Å²) in [5.74, 6) is -3.65. The molecule has 2 aliphatic carbocycles. The minimum atomic E-state index is -4.90. The average molecular weight is 251 g/mol. The lowest BCUT2D eigenvalue weighted by atomic mass is 9.47. The number of hydrogen-bond acceptors (Lipinski definition) is 2. The van der Waals surface area contributed by atoms with Crippen molar-refractivity contribution in [2.75, 3.05) is 6.54 Å². The van der Waals surface area contributed by atoms with Crippen molar-refractivity contribution in [2.45, 2.75) is 19.0 Å². The lowest BCUT2D eigenvalue weighted by Crippen LogP contribution is -2.60. The van der Waals surface area contributed by atoms with Crippen LogP contribution in [0, 0.1) is 23.7 Å². The van der Waals surface area contributed by atoms with Crippen molar-refractivity contribution in [3.63, 3.8) is 0 Å². The van der Waals surface area contributed by atoms with E-state index in [2.05, 4.69) is 0 Å². The first-order valence-electron chi connectivity index (χ1n) is 5.40. The van der Waals surface area contributed by atoms with Gasteiger partial charge in [0, 0.05) is 6.54 Å². The molecule has 7 heteroatoms. The highest BCUT2D eigenvalue weighted by atomic mass is 19.4. The van der Waals surface area contributed by atoms with Crippen LogP contribution in [0.1, 0.15) is 12.8 Å². The number of fused-ring (bicyclic) bond motifs is 1. The van der Waals surface area contributed by atoms with Crippen LogP contribution in [0.2, 0.25) is 0 Å². The Hall–Kier alpha value is -1.27. The van der Waals surface area contributed by atoms with Crippen LogP contribution in [-0.2, 0) is 9.59 Å². The molecule has 2 N–H and O–H groups in total. The van der Waals surface area contributed by atoms with E-state index in [1.807, 2.05) is 0 Å². The van der Waals surface area contributed by atoms with Crippen molar-refractivity contribution in [3.8, 4) is 0 Å². The molecule has 0 aromatic carbocycles. The van der Waals surface area contributed by atoms with Crippen LogP contribution < -0.4 is 5.32 Å². The maximum absolute atomic E-state index is 11.9. The number of amides is 1. The summed E-state index contributed by atoms with van der Waals surface area (Å²) in [4.78, 5) is 21.5. The molecule has 0 saturated heterocycles. The van der Waals surface area contributed by atoms with Gasteiger partial charge in [-0.1, -0.05) is 0 Å². The maximum Gasteiger partial charge on any atom is 0.471 e. The molecule has 0 spiro atoms. The van der Waals surface area contributed by atoms with Gasteiger partial charge in [0.15, 0.2) is 0 Å². The van der Waals surface area contributed by atoms with Gasteiger partial charge in [-0.15, -0.1) is 0 Å². The summed E-state index contributed by atoms with van der Waals surface area (Å²) in [6.07, 6.45) is -3.23. The van der Waals surface area contributed by atoms with Gasteiger partial charge in [-0.3, -0.25) is 9.59 Å². The van der Waals surface area contributed by atoms with E-state index in [9.17, 15) is 22.8 Å². The number of carboxylic acids is 1. The number of alkyl halides is 3. The second-order valence-corrected chi connectivity index (χ2v) is 4.64. The Morgan fingerprint density at radius 3 is 2.24 bits per heavy atom. The Labute approximate surface area is 95.2 Å². The Bertz CT molecular complexity index is 355. The van der Waals surface area contributed by atoms with Crippen molar-refractivity contribution in [1.29, 1.82) is 0 Å². The summed E-state index contributed by atoms with van der Waals surface area (Å²) in [6, 6.07) is 0. The van der Waals surface area contributed by atoms with E-state index >= 15 is 0 Å². The van der Waals surface area contributed by atoms with Gasteiger partial charge < -0.3 is 10.4 Å². The molecule has 0 heterocycles. The molecule has 0 aromatic heterocycles. The Morgan fingerprint density at radius 1 is 1.24 bits per heavy atom. The smallest absolute Gasteiger partial charge is 0.471 e. The fraction of sp³-hybridized carbons (Fsp3) is 0.800. The SMILES string of the molecule is O=C(O)[C@H]1[C@@H]2CC[C@@H]2[C@H]1CNC(=O)C(F)(F)F. The second-order valence-electron chi connectivity index (χ2n) is 4.64. The van der Waals surface area contributed by atoms with Crippen LogP contribution in [-0.4, -0.2) is 29.7 Å². The molecule has 2 rings (SSSR count). The van der Waals surface area contributed by atoms with E-state index in [1.165, 1.54) is 0 Å². The number of nitrogens with one attached hydrogen (secondary N) is 1. The third-order valence-electron chi connectivity index (χ3n) is 3.90. The van der Waals surface area contributed by atoms with Crippen LogP contribution in [0.15, 0.2) is 0 Å². The van der Waals surface area contributed by atoms with Gasteiger partial charge >= 0.3 is 18.1 Å². The third-order valence-corrected chi connectivity index (χ3v) is 3.90. The average Bonchev–Trinajstić information content (AvgIpc) is 2.16.